The van der Waals surface area contributed by atoms with Crippen LogP contribution >= 0.6 is 0 Å². The van der Waals surface area contributed by atoms with Crippen molar-refractivity contribution in [3.63, 3.8) is 0 Å². The van der Waals surface area contributed by atoms with E-state index in [1.807, 2.05) is 13.0 Å². The molecule has 0 saturated carbocycles. The Kier molecular flexibility index (Phi) is 4.50. The van der Waals surface area contributed by atoms with Crippen molar-refractivity contribution in [3.05, 3.63) is 70.3 Å². The third-order valence-electron chi connectivity index (χ3n) is 3.09. The van der Waals surface area contributed by atoms with Crippen LogP contribution in [0.3, 0.4) is 0 Å². The number of halogens is 2. The van der Waals surface area contributed by atoms with E-state index in [2.05, 4.69) is 10.9 Å². The quantitative estimate of drug-likeness (QED) is 0.838. The number of aryl methyl sites for hydroxylation is 2. The highest BCUT2D eigenvalue weighted by molar-refractivity contribution is 5.99. The Hall–Kier alpha value is -2.76. The minimum atomic E-state index is -0.935. The molecule has 114 valence electrons. The number of carbonyl (C=O) groups excluding carboxylic acids is 2. The van der Waals surface area contributed by atoms with Gasteiger partial charge < -0.3 is 0 Å². The second-order valence-electron chi connectivity index (χ2n) is 4.85. The Morgan fingerprint density at radius 2 is 1.50 bits per heavy atom. The number of rotatable bonds is 2. The average Bonchev–Trinajstić information content (AvgIpc) is 2.47. The van der Waals surface area contributed by atoms with E-state index in [0.29, 0.717) is 5.56 Å². The van der Waals surface area contributed by atoms with Crippen LogP contribution in [0, 0.1) is 25.5 Å². The first kappa shape index (κ1) is 15.6. The van der Waals surface area contributed by atoms with Gasteiger partial charge in [-0.2, -0.15) is 0 Å². The molecule has 0 heterocycles. The summed E-state index contributed by atoms with van der Waals surface area (Å²) < 4.78 is 26.5. The van der Waals surface area contributed by atoms with Crippen LogP contribution in [0.25, 0.3) is 0 Å². The van der Waals surface area contributed by atoms with Crippen molar-refractivity contribution >= 4 is 11.8 Å². The van der Waals surface area contributed by atoms with Gasteiger partial charge >= 0.3 is 0 Å². The zero-order chi connectivity index (χ0) is 16.3. The van der Waals surface area contributed by atoms with E-state index in [0.717, 1.165) is 29.3 Å². The summed E-state index contributed by atoms with van der Waals surface area (Å²) in [5.74, 6) is -3.09. The lowest BCUT2D eigenvalue weighted by atomic mass is 10.1. The molecular weight excluding hydrogens is 290 g/mol. The van der Waals surface area contributed by atoms with Crippen LogP contribution in [0.5, 0.6) is 0 Å². The van der Waals surface area contributed by atoms with Crippen molar-refractivity contribution in [2.45, 2.75) is 13.8 Å². The Bertz CT molecular complexity index is 745. The summed E-state index contributed by atoms with van der Waals surface area (Å²) in [7, 11) is 0. The largest absolute Gasteiger partial charge is 0.272 e. The van der Waals surface area contributed by atoms with Crippen molar-refractivity contribution in [3.8, 4) is 0 Å². The van der Waals surface area contributed by atoms with E-state index in [1.165, 1.54) is 0 Å². The first-order chi connectivity index (χ1) is 10.4. The summed E-state index contributed by atoms with van der Waals surface area (Å²) in [6.45, 7) is 3.65. The van der Waals surface area contributed by atoms with E-state index < -0.39 is 29.0 Å². The highest BCUT2D eigenvalue weighted by atomic mass is 19.1. The lowest BCUT2D eigenvalue weighted by Crippen LogP contribution is -2.42. The summed E-state index contributed by atoms with van der Waals surface area (Å²) in [6.07, 6.45) is 0. The first-order valence-corrected chi connectivity index (χ1v) is 6.51. The molecule has 2 rings (SSSR count). The number of carbonyl (C=O) groups is 2. The van der Waals surface area contributed by atoms with E-state index in [1.54, 1.807) is 19.1 Å². The molecule has 6 heteroatoms. The molecule has 4 nitrogen and oxygen atoms in total. The van der Waals surface area contributed by atoms with Gasteiger partial charge in [-0.1, -0.05) is 17.7 Å². The van der Waals surface area contributed by atoms with Crippen molar-refractivity contribution in [2.75, 3.05) is 0 Å². The van der Waals surface area contributed by atoms with Gasteiger partial charge in [0.2, 0.25) is 0 Å². The van der Waals surface area contributed by atoms with Crippen LogP contribution < -0.4 is 10.9 Å². The van der Waals surface area contributed by atoms with Gasteiger partial charge in [0.15, 0.2) is 0 Å². The minimum Gasteiger partial charge on any atom is -0.267 e. The van der Waals surface area contributed by atoms with Gasteiger partial charge in [0.1, 0.15) is 11.6 Å². The lowest BCUT2D eigenvalue weighted by molar-refractivity contribution is 0.0843. The van der Waals surface area contributed by atoms with Crippen LogP contribution in [0.15, 0.2) is 36.4 Å². The van der Waals surface area contributed by atoms with Gasteiger partial charge in [-0.05, 0) is 43.7 Å². The Labute approximate surface area is 126 Å². The number of nitrogens with one attached hydrogen (secondary N) is 2. The molecule has 0 atom stereocenters. The Balaban J connectivity index is 2.07. The predicted octanol–water partition coefficient (Wildman–Crippen LogP) is 2.66. The molecule has 2 aromatic carbocycles. The predicted molar refractivity (Wildman–Crippen MR) is 77.2 cm³/mol. The standard InChI is InChI=1S/C16H14F2N2O2/c1-9-3-5-12(10(2)7-9)15(21)19-20-16(22)13-8-11(17)4-6-14(13)18/h3-8H,1-2H3,(H,19,21)(H,20,22). The SMILES string of the molecule is Cc1ccc(C(=O)NNC(=O)c2cc(F)ccc2F)c(C)c1. The van der Waals surface area contributed by atoms with Gasteiger partial charge in [-0.3, -0.25) is 20.4 Å². The van der Waals surface area contributed by atoms with Crippen molar-refractivity contribution in [1.29, 1.82) is 0 Å². The maximum Gasteiger partial charge on any atom is 0.272 e. The van der Waals surface area contributed by atoms with Crippen molar-refractivity contribution in [1.82, 2.24) is 10.9 Å². The average molecular weight is 304 g/mol. The monoisotopic (exact) mass is 304 g/mol. The van der Waals surface area contributed by atoms with E-state index in [-0.39, 0.29) is 0 Å². The molecule has 2 amide bonds. The molecule has 22 heavy (non-hydrogen) atoms. The molecule has 0 bridgehead atoms. The number of hydrazine groups is 1. The number of hydrogen-bond acceptors (Lipinski definition) is 2. The maximum atomic E-state index is 13.4. The van der Waals surface area contributed by atoms with E-state index in [4.69, 9.17) is 0 Å². The molecule has 0 aliphatic rings. The van der Waals surface area contributed by atoms with Crippen LogP contribution in [0.4, 0.5) is 8.78 Å². The zero-order valence-corrected chi connectivity index (χ0v) is 12.0. The first-order valence-electron chi connectivity index (χ1n) is 6.51. The van der Waals surface area contributed by atoms with Crippen LogP contribution in [0.2, 0.25) is 0 Å². The van der Waals surface area contributed by atoms with E-state index in [9.17, 15) is 18.4 Å². The second kappa shape index (κ2) is 6.34. The van der Waals surface area contributed by atoms with Crippen LogP contribution in [-0.2, 0) is 0 Å². The Morgan fingerprint density at radius 3 is 2.14 bits per heavy atom. The molecule has 0 spiro atoms. The molecule has 2 N–H and O–H groups in total. The van der Waals surface area contributed by atoms with Gasteiger partial charge in [-0.25, -0.2) is 8.78 Å². The minimum absolute atomic E-state index is 0.380. The summed E-state index contributed by atoms with van der Waals surface area (Å²) >= 11 is 0. The molecule has 0 aromatic heterocycles. The molecule has 2 aromatic rings. The molecule has 0 aliphatic heterocycles. The summed E-state index contributed by atoms with van der Waals surface area (Å²) in [4.78, 5) is 23.7. The number of hydrogen-bond donors (Lipinski definition) is 2. The van der Waals surface area contributed by atoms with Gasteiger partial charge in [0, 0.05) is 5.56 Å². The summed E-state index contributed by atoms with van der Waals surface area (Å²) in [5.41, 5.74) is 5.87. The van der Waals surface area contributed by atoms with Crippen molar-refractivity contribution in [2.24, 2.45) is 0 Å². The third kappa shape index (κ3) is 3.46. The summed E-state index contributed by atoms with van der Waals surface area (Å²) in [5, 5.41) is 0. The van der Waals surface area contributed by atoms with E-state index >= 15 is 0 Å². The smallest absolute Gasteiger partial charge is 0.267 e. The highest BCUT2D eigenvalue weighted by Gasteiger charge is 2.15. The third-order valence-corrected chi connectivity index (χ3v) is 3.09. The number of benzene rings is 2. The van der Waals surface area contributed by atoms with Gasteiger partial charge in [0.05, 0.1) is 5.56 Å². The molecular formula is C16H14F2N2O2. The zero-order valence-electron chi connectivity index (χ0n) is 12.0. The maximum absolute atomic E-state index is 13.4. The van der Waals surface area contributed by atoms with Crippen LogP contribution in [-0.4, -0.2) is 11.8 Å². The topological polar surface area (TPSA) is 58.2 Å². The van der Waals surface area contributed by atoms with Crippen molar-refractivity contribution < 1.29 is 18.4 Å². The molecule has 0 saturated heterocycles. The Morgan fingerprint density at radius 1 is 0.864 bits per heavy atom. The van der Waals surface area contributed by atoms with Crippen LogP contribution in [0.1, 0.15) is 31.8 Å². The van der Waals surface area contributed by atoms with Gasteiger partial charge in [-0.15, -0.1) is 0 Å². The lowest BCUT2D eigenvalue weighted by Gasteiger charge is -2.10. The second-order valence-corrected chi connectivity index (χ2v) is 4.85. The van der Waals surface area contributed by atoms with Gasteiger partial charge in [0.25, 0.3) is 11.8 Å². The normalized spacial score (nSPS) is 10.2. The molecule has 0 radical (unpaired) electrons. The number of amides is 2. The highest BCUT2D eigenvalue weighted by Crippen LogP contribution is 2.11. The fourth-order valence-electron chi connectivity index (χ4n) is 1.99. The fourth-order valence-corrected chi connectivity index (χ4v) is 1.99. The summed E-state index contributed by atoms with van der Waals surface area (Å²) in [6, 6.07) is 7.71. The molecule has 0 fully saturated rings. The fraction of sp³-hybridized carbons (Fsp3) is 0.125. The molecule has 0 aliphatic carbocycles. The molecule has 0 unspecified atom stereocenters.